The summed E-state index contributed by atoms with van der Waals surface area (Å²) in [4.78, 5) is 23.4. The molecule has 0 bridgehead atoms. The number of hydrogen-bond donors (Lipinski definition) is 1. The summed E-state index contributed by atoms with van der Waals surface area (Å²) in [5.41, 5.74) is 1.28. The van der Waals surface area contributed by atoms with Gasteiger partial charge in [-0.2, -0.15) is 5.10 Å². The number of anilines is 1. The van der Waals surface area contributed by atoms with Gasteiger partial charge in [-0.05, 0) is 24.3 Å². The van der Waals surface area contributed by atoms with Crippen LogP contribution in [0.3, 0.4) is 0 Å². The van der Waals surface area contributed by atoms with E-state index in [9.17, 15) is 9.59 Å². The standard InChI is InChI=1S/C18H16N2O4/c21-17(22)12-24-16-9-5-4-8-15(16)18(23)13-10-19-20(11-13)14-6-2-1-3-7-14/h1-10,13H,11-12H2,(H,21,22). The van der Waals surface area contributed by atoms with E-state index in [0.717, 1.165) is 5.69 Å². The van der Waals surface area contributed by atoms with Crippen LogP contribution < -0.4 is 9.75 Å². The molecule has 6 nitrogen and oxygen atoms in total. The van der Waals surface area contributed by atoms with Crippen LogP contribution in [0, 0.1) is 5.92 Å². The van der Waals surface area contributed by atoms with E-state index in [-0.39, 0.29) is 11.5 Å². The number of carboxylic acids is 1. The van der Waals surface area contributed by atoms with Gasteiger partial charge in [0.05, 0.1) is 23.7 Å². The lowest BCUT2D eigenvalue weighted by molar-refractivity contribution is -0.139. The topological polar surface area (TPSA) is 79.2 Å². The van der Waals surface area contributed by atoms with Crippen LogP contribution in [0.1, 0.15) is 10.4 Å². The van der Waals surface area contributed by atoms with Crippen molar-refractivity contribution in [1.29, 1.82) is 0 Å². The van der Waals surface area contributed by atoms with Gasteiger partial charge in [-0.25, -0.2) is 4.79 Å². The molecule has 1 atom stereocenters. The number of carbonyl (C=O) groups excluding carboxylic acids is 1. The smallest absolute Gasteiger partial charge is 0.341 e. The third-order valence-electron chi connectivity index (χ3n) is 3.65. The average molecular weight is 324 g/mol. The van der Waals surface area contributed by atoms with Crippen LogP contribution in [0.2, 0.25) is 0 Å². The maximum atomic E-state index is 12.7. The molecule has 1 unspecified atom stereocenters. The fourth-order valence-corrected chi connectivity index (χ4v) is 2.50. The molecule has 122 valence electrons. The van der Waals surface area contributed by atoms with Crippen molar-refractivity contribution in [2.24, 2.45) is 11.0 Å². The van der Waals surface area contributed by atoms with Crippen molar-refractivity contribution in [3.05, 3.63) is 60.2 Å². The lowest BCUT2D eigenvalue weighted by atomic mass is 9.98. The average Bonchev–Trinajstić information content (AvgIpc) is 3.10. The molecule has 2 aromatic carbocycles. The summed E-state index contributed by atoms with van der Waals surface area (Å²) in [5, 5.41) is 14.8. The molecule has 1 aliphatic heterocycles. The lowest BCUT2D eigenvalue weighted by Gasteiger charge is -2.16. The first-order valence-electron chi connectivity index (χ1n) is 7.49. The van der Waals surface area contributed by atoms with Crippen molar-refractivity contribution in [3.63, 3.8) is 0 Å². The second-order valence-corrected chi connectivity index (χ2v) is 5.33. The first kappa shape index (κ1) is 15.7. The Labute approximate surface area is 139 Å². The number of nitrogens with zero attached hydrogens (tertiary/aromatic N) is 2. The van der Waals surface area contributed by atoms with E-state index in [4.69, 9.17) is 9.84 Å². The summed E-state index contributed by atoms with van der Waals surface area (Å²) in [5.74, 6) is -1.36. The minimum absolute atomic E-state index is 0.141. The Morgan fingerprint density at radius 1 is 1.12 bits per heavy atom. The number of benzene rings is 2. The van der Waals surface area contributed by atoms with Crippen LogP contribution in [-0.2, 0) is 4.79 Å². The van der Waals surface area contributed by atoms with E-state index < -0.39 is 18.5 Å². The van der Waals surface area contributed by atoms with Crippen molar-refractivity contribution in [3.8, 4) is 5.75 Å². The number of ketones is 1. The Bertz CT molecular complexity index is 774. The van der Waals surface area contributed by atoms with Crippen LogP contribution in [0.15, 0.2) is 59.7 Å². The highest BCUT2D eigenvalue weighted by Crippen LogP contribution is 2.25. The van der Waals surface area contributed by atoms with Gasteiger partial charge in [0.25, 0.3) is 0 Å². The van der Waals surface area contributed by atoms with E-state index in [1.807, 2.05) is 30.3 Å². The van der Waals surface area contributed by atoms with E-state index in [0.29, 0.717) is 12.1 Å². The summed E-state index contributed by atoms with van der Waals surface area (Å²) >= 11 is 0. The first-order chi connectivity index (χ1) is 11.6. The minimum atomic E-state index is -1.09. The van der Waals surface area contributed by atoms with Crippen LogP contribution in [-0.4, -0.2) is 36.2 Å². The maximum absolute atomic E-state index is 12.7. The number of hydrogen-bond acceptors (Lipinski definition) is 5. The van der Waals surface area contributed by atoms with Crippen molar-refractivity contribution >= 4 is 23.7 Å². The molecular weight excluding hydrogens is 308 g/mol. The van der Waals surface area contributed by atoms with Gasteiger partial charge in [-0.1, -0.05) is 30.3 Å². The normalized spacial score (nSPS) is 16.2. The molecule has 1 aliphatic rings. The van der Waals surface area contributed by atoms with E-state index in [2.05, 4.69) is 5.10 Å². The number of para-hydroxylation sites is 2. The van der Waals surface area contributed by atoms with Gasteiger partial charge in [-0.3, -0.25) is 9.80 Å². The highest BCUT2D eigenvalue weighted by atomic mass is 16.5. The number of Topliss-reactive ketones (excluding diaryl/α,β-unsaturated/α-hetero) is 1. The fourth-order valence-electron chi connectivity index (χ4n) is 2.50. The third-order valence-corrected chi connectivity index (χ3v) is 3.65. The number of ether oxygens (including phenoxy) is 1. The van der Waals surface area contributed by atoms with Crippen molar-refractivity contribution in [2.75, 3.05) is 18.2 Å². The second-order valence-electron chi connectivity index (χ2n) is 5.33. The molecule has 24 heavy (non-hydrogen) atoms. The highest BCUT2D eigenvalue weighted by molar-refractivity contribution is 6.09. The summed E-state index contributed by atoms with van der Waals surface area (Å²) < 4.78 is 5.21. The predicted molar refractivity (Wildman–Crippen MR) is 89.7 cm³/mol. The maximum Gasteiger partial charge on any atom is 0.341 e. The zero-order chi connectivity index (χ0) is 16.9. The molecule has 0 spiro atoms. The van der Waals surface area contributed by atoms with Crippen LogP contribution >= 0.6 is 0 Å². The molecule has 1 N–H and O–H groups in total. The van der Waals surface area contributed by atoms with E-state index in [1.54, 1.807) is 35.5 Å². The molecule has 2 aromatic rings. The molecule has 1 heterocycles. The molecule has 6 heteroatoms. The molecule has 0 saturated carbocycles. The minimum Gasteiger partial charge on any atom is -0.481 e. The largest absolute Gasteiger partial charge is 0.481 e. The number of carbonyl (C=O) groups is 2. The Morgan fingerprint density at radius 2 is 1.83 bits per heavy atom. The molecule has 0 amide bonds. The fraction of sp³-hybridized carbons (Fsp3) is 0.167. The van der Waals surface area contributed by atoms with Crippen molar-refractivity contribution in [2.45, 2.75) is 0 Å². The van der Waals surface area contributed by atoms with Crippen LogP contribution in [0.25, 0.3) is 0 Å². The second kappa shape index (κ2) is 6.95. The van der Waals surface area contributed by atoms with Gasteiger partial charge < -0.3 is 9.84 Å². The summed E-state index contributed by atoms with van der Waals surface area (Å²) in [6, 6.07) is 16.2. The van der Waals surface area contributed by atoms with Gasteiger partial charge in [0.1, 0.15) is 5.75 Å². The number of rotatable bonds is 6. The summed E-state index contributed by atoms with van der Waals surface area (Å²) in [6.45, 7) is -0.0463. The molecule has 0 fully saturated rings. The Hall–Kier alpha value is -3.15. The Kier molecular flexibility index (Phi) is 4.56. The Morgan fingerprint density at radius 3 is 2.58 bits per heavy atom. The molecule has 0 saturated heterocycles. The van der Waals surface area contributed by atoms with Crippen molar-refractivity contribution < 1.29 is 19.4 Å². The van der Waals surface area contributed by atoms with Gasteiger partial charge in [-0.15, -0.1) is 0 Å². The quantitative estimate of drug-likeness (QED) is 0.826. The summed E-state index contributed by atoms with van der Waals surface area (Å²) in [7, 11) is 0. The predicted octanol–water partition coefficient (Wildman–Crippen LogP) is 2.45. The molecule has 0 radical (unpaired) electrons. The van der Waals surface area contributed by atoms with Crippen LogP contribution in [0.5, 0.6) is 5.75 Å². The zero-order valence-electron chi connectivity index (χ0n) is 12.8. The lowest BCUT2D eigenvalue weighted by Crippen LogP contribution is -2.24. The number of carboxylic acid groups (broad SMARTS) is 1. The zero-order valence-corrected chi connectivity index (χ0v) is 12.8. The summed E-state index contributed by atoms with van der Waals surface area (Å²) in [6.07, 6.45) is 1.61. The first-order valence-corrected chi connectivity index (χ1v) is 7.49. The van der Waals surface area contributed by atoms with Gasteiger partial charge in [0, 0.05) is 6.21 Å². The number of hydrazone groups is 1. The molecule has 0 aromatic heterocycles. The van der Waals surface area contributed by atoms with E-state index in [1.165, 1.54) is 0 Å². The monoisotopic (exact) mass is 324 g/mol. The van der Waals surface area contributed by atoms with Gasteiger partial charge in [0.2, 0.25) is 0 Å². The van der Waals surface area contributed by atoms with E-state index >= 15 is 0 Å². The van der Waals surface area contributed by atoms with Crippen molar-refractivity contribution in [1.82, 2.24) is 0 Å². The highest BCUT2D eigenvalue weighted by Gasteiger charge is 2.28. The number of aliphatic carboxylic acids is 1. The Balaban J connectivity index is 1.74. The molecule has 0 aliphatic carbocycles. The third kappa shape index (κ3) is 3.43. The SMILES string of the molecule is O=C(O)COc1ccccc1C(=O)C1C=NN(c2ccccc2)C1. The van der Waals surface area contributed by atoms with Gasteiger partial charge in [0.15, 0.2) is 12.4 Å². The molecule has 3 rings (SSSR count). The van der Waals surface area contributed by atoms with Crippen LogP contribution in [0.4, 0.5) is 5.69 Å². The molecular formula is C18H16N2O4. The van der Waals surface area contributed by atoms with Gasteiger partial charge >= 0.3 is 5.97 Å².